The number of benzene rings is 1. The summed E-state index contributed by atoms with van der Waals surface area (Å²) in [5.41, 5.74) is 3.51. The Morgan fingerprint density at radius 3 is 2.70 bits per heavy atom. The van der Waals surface area contributed by atoms with E-state index in [4.69, 9.17) is 4.42 Å². The Balaban J connectivity index is 2.01. The highest BCUT2D eigenvalue weighted by molar-refractivity contribution is 6.53. The number of aliphatic hydroxyl groups excluding tert-OH is 2. The Hall–Kier alpha value is -2.24. The summed E-state index contributed by atoms with van der Waals surface area (Å²) in [5, 5.41) is 19.6. The number of carbonyl (C=O) groups excluding carboxylic acids is 2. The van der Waals surface area contributed by atoms with Gasteiger partial charge in [0.15, 0.2) is 0 Å². The molecule has 2 unspecified atom stereocenters. The van der Waals surface area contributed by atoms with Crippen molar-refractivity contribution < 1.29 is 24.2 Å². The fourth-order valence-corrected chi connectivity index (χ4v) is 3.80. The van der Waals surface area contributed by atoms with Crippen LogP contribution in [0.1, 0.15) is 49.7 Å². The normalized spacial score (nSPS) is 22.6. The van der Waals surface area contributed by atoms with Gasteiger partial charge in [-0.3, -0.25) is 9.59 Å². The van der Waals surface area contributed by atoms with E-state index >= 15 is 0 Å². The van der Waals surface area contributed by atoms with E-state index in [1.54, 1.807) is 13.0 Å². The minimum atomic E-state index is -0.638. The maximum absolute atomic E-state index is 12.7. The van der Waals surface area contributed by atoms with Crippen LogP contribution in [-0.4, -0.2) is 34.5 Å². The zero-order chi connectivity index (χ0) is 16.3. The molecule has 0 saturated carbocycles. The van der Waals surface area contributed by atoms with Crippen LogP contribution in [0, 0.1) is 6.92 Å². The van der Waals surface area contributed by atoms with Crippen LogP contribution in [0.2, 0.25) is 0 Å². The van der Waals surface area contributed by atoms with Crippen LogP contribution in [-0.2, 0) is 6.42 Å². The average Bonchev–Trinajstić information content (AvgIpc) is 2.93. The average molecular weight is 312 g/mol. The summed E-state index contributed by atoms with van der Waals surface area (Å²) in [4.78, 5) is 25.1. The van der Waals surface area contributed by atoms with Crippen molar-refractivity contribution in [1.82, 2.24) is 0 Å². The van der Waals surface area contributed by atoms with Crippen molar-refractivity contribution in [2.24, 2.45) is 0 Å². The van der Waals surface area contributed by atoms with E-state index < -0.39 is 23.6 Å². The zero-order valence-corrected chi connectivity index (χ0v) is 12.6. The molecule has 2 aliphatic carbocycles. The molecule has 23 heavy (non-hydrogen) atoms. The molecule has 118 valence electrons. The molecule has 0 saturated heterocycles. The molecular formula is C18H16O5. The van der Waals surface area contributed by atoms with Gasteiger partial charge in [0, 0.05) is 17.0 Å². The predicted octanol–water partition coefficient (Wildman–Crippen LogP) is 2.02. The molecule has 0 spiro atoms. The van der Waals surface area contributed by atoms with Crippen molar-refractivity contribution in [3.05, 3.63) is 46.2 Å². The maximum atomic E-state index is 12.7. The van der Waals surface area contributed by atoms with Gasteiger partial charge in [-0.05, 0) is 36.5 Å². The van der Waals surface area contributed by atoms with Crippen molar-refractivity contribution in [3.8, 4) is 11.3 Å². The van der Waals surface area contributed by atoms with Gasteiger partial charge in [-0.15, -0.1) is 0 Å². The lowest BCUT2D eigenvalue weighted by Gasteiger charge is -2.31. The molecule has 0 amide bonds. The van der Waals surface area contributed by atoms with Crippen LogP contribution >= 0.6 is 0 Å². The topological polar surface area (TPSA) is 87.7 Å². The Morgan fingerprint density at radius 1 is 1.22 bits per heavy atom. The van der Waals surface area contributed by atoms with Crippen LogP contribution in [0.5, 0.6) is 0 Å². The Labute approximate surface area is 132 Å². The van der Waals surface area contributed by atoms with Crippen molar-refractivity contribution in [3.63, 3.8) is 0 Å². The number of furan rings is 1. The molecule has 0 fully saturated rings. The van der Waals surface area contributed by atoms with Crippen LogP contribution in [0.15, 0.2) is 22.8 Å². The molecule has 1 heterocycles. The zero-order valence-electron chi connectivity index (χ0n) is 12.6. The monoisotopic (exact) mass is 312 g/mol. The van der Waals surface area contributed by atoms with E-state index in [-0.39, 0.29) is 6.61 Å². The first-order valence-electron chi connectivity index (χ1n) is 7.66. The van der Waals surface area contributed by atoms with E-state index in [1.165, 1.54) is 6.26 Å². The number of rotatable bonds is 1. The second kappa shape index (κ2) is 4.88. The first-order chi connectivity index (χ1) is 11.0. The molecule has 1 aromatic heterocycles. The first-order valence-corrected chi connectivity index (χ1v) is 7.66. The van der Waals surface area contributed by atoms with E-state index in [0.29, 0.717) is 40.9 Å². The number of Topliss-reactive ketones (excluding diaryl/α,β-unsaturated/α-hetero) is 2. The lowest BCUT2D eigenvalue weighted by atomic mass is 9.74. The number of hydrogen-bond acceptors (Lipinski definition) is 5. The van der Waals surface area contributed by atoms with Crippen LogP contribution in [0.4, 0.5) is 0 Å². The fourth-order valence-electron chi connectivity index (χ4n) is 3.80. The van der Waals surface area contributed by atoms with Crippen molar-refractivity contribution >= 4 is 11.6 Å². The van der Waals surface area contributed by atoms with Gasteiger partial charge < -0.3 is 14.6 Å². The third-order valence-electron chi connectivity index (χ3n) is 4.98. The highest BCUT2D eigenvalue weighted by Gasteiger charge is 2.39. The number of aryl methyl sites for hydroxylation is 1. The SMILES string of the molecule is Cc1coc2c1C(=O)C(=O)c1c-2ccc2c1CCC(O)C2CO. The molecular weight excluding hydrogens is 296 g/mol. The Kier molecular flexibility index (Phi) is 3.04. The lowest BCUT2D eigenvalue weighted by Crippen LogP contribution is -2.31. The maximum Gasteiger partial charge on any atom is 0.237 e. The van der Waals surface area contributed by atoms with Crippen LogP contribution in [0.25, 0.3) is 11.3 Å². The summed E-state index contributed by atoms with van der Waals surface area (Å²) in [6, 6.07) is 3.57. The van der Waals surface area contributed by atoms with E-state index in [0.717, 1.165) is 11.1 Å². The molecule has 0 bridgehead atoms. The summed E-state index contributed by atoms with van der Waals surface area (Å²) in [6.07, 6.45) is 1.82. The summed E-state index contributed by atoms with van der Waals surface area (Å²) in [5.74, 6) is -1.05. The fraction of sp³-hybridized carbons (Fsp3) is 0.333. The minimum Gasteiger partial charge on any atom is -0.463 e. The molecule has 0 aliphatic heterocycles. The second-order valence-corrected chi connectivity index (χ2v) is 6.23. The van der Waals surface area contributed by atoms with Gasteiger partial charge in [0.05, 0.1) is 24.5 Å². The molecule has 4 rings (SSSR count). The number of ketones is 2. The van der Waals surface area contributed by atoms with E-state index in [2.05, 4.69) is 0 Å². The lowest BCUT2D eigenvalue weighted by molar-refractivity contribution is 0.0807. The highest BCUT2D eigenvalue weighted by Crippen LogP contribution is 2.42. The standard InChI is InChI=1S/C18H16O5/c1-8-7-23-18-11-3-2-9-10(4-5-13(20)12(9)6-19)15(11)17(22)16(21)14(8)18/h2-3,7,12-13,19-20H,4-6H2,1H3. The van der Waals surface area contributed by atoms with Crippen molar-refractivity contribution in [2.45, 2.75) is 31.8 Å². The number of fused-ring (bicyclic) bond motifs is 5. The van der Waals surface area contributed by atoms with Gasteiger partial charge in [-0.1, -0.05) is 12.1 Å². The Bertz CT molecular complexity index is 845. The van der Waals surface area contributed by atoms with Crippen LogP contribution < -0.4 is 0 Å². The number of hydrogen-bond donors (Lipinski definition) is 2. The Morgan fingerprint density at radius 2 is 1.96 bits per heavy atom. The number of aliphatic hydroxyl groups is 2. The summed E-state index contributed by atoms with van der Waals surface area (Å²) >= 11 is 0. The summed E-state index contributed by atoms with van der Waals surface area (Å²) in [6.45, 7) is 1.55. The van der Waals surface area contributed by atoms with Gasteiger partial charge in [0.2, 0.25) is 11.6 Å². The highest BCUT2D eigenvalue weighted by atomic mass is 16.3. The molecule has 1 aromatic carbocycles. The second-order valence-electron chi connectivity index (χ2n) is 6.23. The summed E-state index contributed by atoms with van der Waals surface area (Å²) in [7, 11) is 0. The molecule has 2 aromatic rings. The molecule has 0 radical (unpaired) electrons. The molecule has 2 aliphatic rings. The third kappa shape index (κ3) is 1.81. The van der Waals surface area contributed by atoms with Gasteiger partial charge in [-0.2, -0.15) is 0 Å². The quantitative estimate of drug-likeness (QED) is 0.787. The van der Waals surface area contributed by atoms with Gasteiger partial charge in [0.1, 0.15) is 5.76 Å². The molecule has 2 atom stereocenters. The van der Waals surface area contributed by atoms with Gasteiger partial charge >= 0.3 is 0 Å². The summed E-state index contributed by atoms with van der Waals surface area (Å²) < 4.78 is 5.53. The van der Waals surface area contributed by atoms with E-state index in [9.17, 15) is 19.8 Å². The van der Waals surface area contributed by atoms with Gasteiger partial charge in [0.25, 0.3) is 0 Å². The predicted molar refractivity (Wildman–Crippen MR) is 81.7 cm³/mol. The largest absolute Gasteiger partial charge is 0.463 e. The van der Waals surface area contributed by atoms with Crippen molar-refractivity contribution in [1.29, 1.82) is 0 Å². The van der Waals surface area contributed by atoms with Crippen LogP contribution in [0.3, 0.4) is 0 Å². The molecule has 5 nitrogen and oxygen atoms in total. The van der Waals surface area contributed by atoms with E-state index in [1.807, 2.05) is 6.07 Å². The smallest absolute Gasteiger partial charge is 0.237 e. The third-order valence-corrected chi connectivity index (χ3v) is 4.98. The molecule has 5 heteroatoms. The minimum absolute atomic E-state index is 0.194. The van der Waals surface area contributed by atoms with Crippen molar-refractivity contribution in [2.75, 3.05) is 6.61 Å². The number of carbonyl (C=O) groups is 2. The molecule has 2 N–H and O–H groups in total. The first kappa shape index (κ1) is 14.4. The van der Waals surface area contributed by atoms with Gasteiger partial charge in [-0.25, -0.2) is 0 Å².